The van der Waals surface area contributed by atoms with Crippen LogP contribution in [0.15, 0.2) is 78.9 Å². The van der Waals surface area contributed by atoms with Crippen LogP contribution >= 0.6 is 0 Å². The van der Waals surface area contributed by atoms with Crippen molar-refractivity contribution in [2.45, 2.75) is 25.1 Å². The lowest BCUT2D eigenvalue weighted by Gasteiger charge is -2.32. The van der Waals surface area contributed by atoms with E-state index in [0.717, 1.165) is 32.1 Å². The Kier molecular flexibility index (Phi) is 6.17. The standard InChI is InChI=1S/C28H27F3N2O/c29-28(30,31)25-12-6-11-22(15-25)26-19-33(27(34)21-8-2-1-3-9-21)18-24(26)17-32-14-13-20-7-4-5-10-23(20)16-32/h1-12,15,24,26H,13-14,16-19H2. The molecule has 2 aliphatic rings. The maximum Gasteiger partial charge on any atom is 0.416 e. The molecule has 34 heavy (non-hydrogen) atoms. The molecule has 0 radical (unpaired) electrons. The van der Waals surface area contributed by atoms with Gasteiger partial charge in [-0.25, -0.2) is 0 Å². The number of benzene rings is 3. The molecule has 176 valence electrons. The van der Waals surface area contributed by atoms with Crippen LogP contribution in [0.2, 0.25) is 0 Å². The van der Waals surface area contributed by atoms with E-state index in [1.165, 1.54) is 23.3 Å². The Hall–Kier alpha value is -3.12. The molecule has 0 spiro atoms. The zero-order valence-corrected chi connectivity index (χ0v) is 18.8. The summed E-state index contributed by atoms with van der Waals surface area (Å²) in [7, 11) is 0. The second-order valence-electron chi connectivity index (χ2n) is 9.32. The molecule has 2 atom stereocenters. The predicted molar refractivity (Wildman–Crippen MR) is 125 cm³/mol. The van der Waals surface area contributed by atoms with Gasteiger partial charge in [0.1, 0.15) is 0 Å². The fraction of sp³-hybridized carbons (Fsp3) is 0.321. The van der Waals surface area contributed by atoms with Crippen molar-refractivity contribution in [1.29, 1.82) is 0 Å². The van der Waals surface area contributed by atoms with Gasteiger partial charge in [0.05, 0.1) is 5.56 Å². The summed E-state index contributed by atoms with van der Waals surface area (Å²) in [4.78, 5) is 17.4. The third kappa shape index (κ3) is 4.73. The van der Waals surface area contributed by atoms with Gasteiger partial charge >= 0.3 is 6.18 Å². The molecule has 5 rings (SSSR count). The van der Waals surface area contributed by atoms with Crippen LogP contribution in [0.1, 0.15) is 38.5 Å². The third-order valence-electron chi connectivity index (χ3n) is 7.09. The number of likely N-dealkylation sites (tertiary alicyclic amines) is 1. The van der Waals surface area contributed by atoms with E-state index < -0.39 is 11.7 Å². The number of fused-ring (bicyclic) bond motifs is 1. The molecule has 2 aliphatic heterocycles. The van der Waals surface area contributed by atoms with Crippen molar-refractivity contribution in [2.24, 2.45) is 5.92 Å². The van der Waals surface area contributed by atoms with Gasteiger partial charge < -0.3 is 4.90 Å². The summed E-state index contributed by atoms with van der Waals surface area (Å²) in [6.07, 6.45) is -3.43. The van der Waals surface area contributed by atoms with Crippen LogP contribution < -0.4 is 0 Å². The molecule has 0 N–H and O–H groups in total. The van der Waals surface area contributed by atoms with Crippen molar-refractivity contribution in [2.75, 3.05) is 26.2 Å². The van der Waals surface area contributed by atoms with E-state index >= 15 is 0 Å². The summed E-state index contributed by atoms with van der Waals surface area (Å²) in [5, 5.41) is 0. The first-order valence-corrected chi connectivity index (χ1v) is 11.7. The van der Waals surface area contributed by atoms with E-state index in [4.69, 9.17) is 0 Å². The normalized spacial score (nSPS) is 20.9. The minimum atomic E-state index is -4.39. The molecular weight excluding hydrogens is 437 g/mol. The van der Waals surface area contributed by atoms with Crippen LogP contribution in [0, 0.1) is 5.92 Å². The van der Waals surface area contributed by atoms with Crippen molar-refractivity contribution < 1.29 is 18.0 Å². The molecule has 1 saturated heterocycles. The molecule has 6 heteroatoms. The maximum atomic E-state index is 13.4. The highest BCUT2D eigenvalue weighted by Crippen LogP contribution is 2.38. The highest BCUT2D eigenvalue weighted by molar-refractivity contribution is 5.94. The summed E-state index contributed by atoms with van der Waals surface area (Å²) in [5.41, 5.74) is 3.29. The molecule has 2 unspecified atom stereocenters. The Morgan fingerprint density at radius 3 is 2.38 bits per heavy atom. The van der Waals surface area contributed by atoms with E-state index in [-0.39, 0.29) is 17.7 Å². The van der Waals surface area contributed by atoms with Crippen molar-refractivity contribution in [3.05, 3.63) is 107 Å². The fourth-order valence-electron chi connectivity index (χ4n) is 5.35. The number of carbonyl (C=O) groups excluding carboxylic acids is 1. The predicted octanol–water partition coefficient (Wildman–Crippen LogP) is 5.62. The number of amides is 1. The highest BCUT2D eigenvalue weighted by Gasteiger charge is 2.39. The number of halogens is 3. The van der Waals surface area contributed by atoms with Gasteiger partial charge in [0.2, 0.25) is 0 Å². The average Bonchev–Trinajstić information content (AvgIpc) is 3.27. The molecule has 3 aromatic rings. The Balaban J connectivity index is 1.41. The van der Waals surface area contributed by atoms with Crippen molar-refractivity contribution in [3.63, 3.8) is 0 Å². The first kappa shape index (κ1) is 22.7. The SMILES string of the molecule is O=C(c1ccccc1)N1CC(CN2CCc3ccccc3C2)C(c2cccc(C(F)(F)F)c2)C1. The summed E-state index contributed by atoms with van der Waals surface area (Å²) in [6, 6.07) is 23.1. The largest absolute Gasteiger partial charge is 0.416 e. The average molecular weight is 465 g/mol. The molecule has 1 amide bonds. The smallest absolute Gasteiger partial charge is 0.338 e. The van der Waals surface area contributed by atoms with Gasteiger partial charge in [-0.2, -0.15) is 13.2 Å². The lowest BCUT2D eigenvalue weighted by atomic mass is 9.87. The number of nitrogens with zero attached hydrogens (tertiary/aromatic N) is 2. The topological polar surface area (TPSA) is 23.6 Å². The van der Waals surface area contributed by atoms with Gasteiger partial charge in [-0.05, 0) is 47.2 Å². The summed E-state index contributed by atoms with van der Waals surface area (Å²) in [5.74, 6) is -0.155. The van der Waals surface area contributed by atoms with Gasteiger partial charge in [0, 0.05) is 44.2 Å². The van der Waals surface area contributed by atoms with E-state index in [0.29, 0.717) is 24.2 Å². The Bertz CT molecular complexity index is 1160. The van der Waals surface area contributed by atoms with Crippen LogP contribution in [0.25, 0.3) is 0 Å². The first-order valence-electron chi connectivity index (χ1n) is 11.7. The highest BCUT2D eigenvalue weighted by atomic mass is 19.4. The number of carbonyl (C=O) groups is 1. The molecule has 3 nitrogen and oxygen atoms in total. The zero-order valence-electron chi connectivity index (χ0n) is 18.8. The molecule has 0 bridgehead atoms. The van der Waals surface area contributed by atoms with E-state index in [1.807, 2.05) is 29.2 Å². The van der Waals surface area contributed by atoms with Crippen LogP contribution in [-0.2, 0) is 19.1 Å². The maximum absolute atomic E-state index is 13.4. The molecule has 3 aromatic carbocycles. The lowest BCUT2D eigenvalue weighted by Crippen LogP contribution is -2.37. The minimum Gasteiger partial charge on any atom is -0.338 e. The second-order valence-corrected chi connectivity index (χ2v) is 9.32. The Morgan fingerprint density at radius 1 is 0.882 bits per heavy atom. The molecular formula is C28H27F3N2O. The van der Waals surface area contributed by atoms with Crippen molar-refractivity contribution in [1.82, 2.24) is 9.80 Å². The molecule has 1 fully saturated rings. The van der Waals surface area contributed by atoms with Gasteiger partial charge in [-0.1, -0.05) is 60.7 Å². The monoisotopic (exact) mass is 464 g/mol. The van der Waals surface area contributed by atoms with E-state index in [1.54, 1.807) is 18.2 Å². The number of hydrogen-bond donors (Lipinski definition) is 0. The summed E-state index contributed by atoms with van der Waals surface area (Å²) < 4.78 is 40.3. The first-order chi connectivity index (χ1) is 16.4. The zero-order chi connectivity index (χ0) is 23.7. The minimum absolute atomic E-state index is 0.0569. The fourth-order valence-corrected chi connectivity index (χ4v) is 5.35. The molecule has 0 aliphatic carbocycles. The Labute approximate surface area is 197 Å². The second kappa shape index (κ2) is 9.26. The lowest BCUT2D eigenvalue weighted by molar-refractivity contribution is -0.137. The summed E-state index contributed by atoms with van der Waals surface area (Å²) >= 11 is 0. The van der Waals surface area contributed by atoms with Gasteiger partial charge in [-0.3, -0.25) is 9.69 Å². The molecule has 0 aromatic heterocycles. The molecule has 0 saturated carbocycles. The van der Waals surface area contributed by atoms with Crippen LogP contribution in [-0.4, -0.2) is 41.9 Å². The Morgan fingerprint density at radius 2 is 1.62 bits per heavy atom. The van der Waals surface area contributed by atoms with Crippen molar-refractivity contribution >= 4 is 5.91 Å². The molecule has 2 heterocycles. The number of alkyl halides is 3. The van der Waals surface area contributed by atoms with Crippen molar-refractivity contribution in [3.8, 4) is 0 Å². The van der Waals surface area contributed by atoms with Gasteiger partial charge in [0.25, 0.3) is 5.91 Å². The van der Waals surface area contributed by atoms with Crippen LogP contribution in [0.3, 0.4) is 0 Å². The van der Waals surface area contributed by atoms with E-state index in [2.05, 4.69) is 23.1 Å². The van der Waals surface area contributed by atoms with Gasteiger partial charge in [0.15, 0.2) is 0 Å². The number of hydrogen-bond acceptors (Lipinski definition) is 2. The van der Waals surface area contributed by atoms with E-state index in [9.17, 15) is 18.0 Å². The summed E-state index contributed by atoms with van der Waals surface area (Å²) in [6.45, 7) is 3.44. The third-order valence-corrected chi connectivity index (χ3v) is 7.09. The van der Waals surface area contributed by atoms with Crippen LogP contribution in [0.4, 0.5) is 13.2 Å². The quantitative estimate of drug-likeness (QED) is 0.500. The van der Waals surface area contributed by atoms with Gasteiger partial charge in [-0.15, -0.1) is 0 Å². The van der Waals surface area contributed by atoms with Crippen LogP contribution in [0.5, 0.6) is 0 Å². The number of rotatable bonds is 4.